The quantitative estimate of drug-likeness (QED) is 0.706. The molecule has 0 bridgehead atoms. The summed E-state index contributed by atoms with van der Waals surface area (Å²) in [6.45, 7) is -0.159. The molecule has 1 unspecified atom stereocenters. The van der Waals surface area contributed by atoms with Gasteiger partial charge in [0.15, 0.2) is 0 Å². The van der Waals surface area contributed by atoms with Crippen LogP contribution < -0.4 is 5.32 Å². The van der Waals surface area contributed by atoms with E-state index in [9.17, 15) is 9.59 Å². The number of carbonyl (C=O) groups is 2. The van der Waals surface area contributed by atoms with Crippen LogP contribution >= 0.6 is 11.8 Å². The Balaban J connectivity index is 1.56. The van der Waals surface area contributed by atoms with Gasteiger partial charge in [0.05, 0.1) is 29.6 Å². The van der Waals surface area contributed by atoms with Gasteiger partial charge in [-0.3, -0.25) is 14.6 Å². The van der Waals surface area contributed by atoms with Crippen LogP contribution in [-0.4, -0.2) is 55.9 Å². The summed E-state index contributed by atoms with van der Waals surface area (Å²) in [7, 11) is 0. The van der Waals surface area contributed by atoms with E-state index in [1.807, 2.05) is 18.2 Å². The molecule has 0 saturated carbocycles. The van der Waals surface area contributed by atoms with E-state index in [-0.39, 0.29) is 18.4 Å². The predicted octanol–water partition coefficient (Wildman–Crippen LogP) is 1.85. The molecule has 29 heavy (non-hydrogen) atoms. The number of rotatable bonds is 4. The number of thioether (sulfide) groups is 1. The van der Waals surface area contributed by atoms with E-state index >= 15 is 0 Å². The first-order valence-electron chi connectivity index (χ1n) is 8.86. The minimum absolute atomic E-state index is 0.159. The zero-order valence-electron chi connectivity index (χ0n) is 15.3. The third-order valence-corrected chi connectivity index (χ3v) is 5.64. The number of benzene rings is 1. The summed E-state index contributed by atoms with van der Waals surface area (Å²) in [4.78, 5) is 39.0. The molecule has 1 aromatic carbocycles. The number of nitrogens with zero attached hydrogens (tertiary/aromatic N) is 5. The Hall–Kier alpha value is -3.51. The fraction of sp³-hybridized carbons (Fsp3) is 0.200. The van der Waals surface area contributed by atoms with Crippen molar-refractivity contribution in [3.63, 3.8) is 0 Å². The number of fused-ring (bicyclic) bond motifs is 1. The number of pyridine rings is 1. The first kappa shape index (κ1) is 18.8. The predicted molar refractivity (Wildman–Crippen MR) is 109 cm³/mol. The molecule has 1 fully saturated rings. The van der Waals surface area contributed by atoms with Crippen molar-refractivity contribution in [1.82, 2.24) is 25.2 Å². The van der Waals surface area contributed by atoms with Crippen LogP contribution in [0.3, 0.4) is 0 Å². The molecule has 4 rings (SSSR count). The Labute approximate surface area is 171 Å². The smallest absolute Gasteiger partial charge is 0.252 e. The van der Waals surface area contributed by atoms with Crippen molar-refractivity contribution in [2.75, 3.05) is 18.2 Å². The Bertz CT molecular complexity index is 1110. The molecule has 3 heterocycles. The van der Waals surface area contributed by atoms with E-state index in [1.165, 1.54) is 23.0 Å². The lowest BCUT2D eigenvalue weighted by molar-refractivity contribution is -0.129. The van der Waals surface area contributed by atoms with Crippen LogP contribution in [0.1, 0.15) is 10.4 Å². The molecule has 1 saturated heterocycles. The van der Waals surface area contributed by atoms with Crippen LogP contribution in [0.25, 0.3) is 22.0 Å². The van der Waals surface area contributed by atoms with Crippen LogP contribution in [0.4, 0.5) is 0 Å². The molecule has 1 atom stereocenters. The number of carbonyl (C=O) groups excluding carboxylic acids is 2. The van der Waals surface area contributed by atoms with Crippen molar-refractivity contribution in [1.29, 1.82) is 5.26 Å². The average molecular weight is 404 g/mol. The maximum absolute atomic E-state index is 12.8. The summed E-state index contributed by atoms with van der Waals surface area (Å²) in [6, 6.07) is 8.88. The van der Waals surface area contributed by atoms with Gasteiger partial charge in [0.1, 0.15) is 12.4 Å². The Morgan fingerprint density at radius 1 is 1.24 bits per heavy atom. The molecule has 9 heteroatoms. The van der Waals surface area contributed by atoms with Crippen molar-refractivity contribution < 1.29 is 9.59 Å². The molecular weight excluding hydrogens is 388 g/mol. The SMILES string of the molecule is N#CC1CSCN1C(=O)CNC(=O)c1ccnc2ccc(-c3cncnc3)cc12. The summed E-state index contributed by atoms with van der Waals surface area (Å²) in [5.74, 6) is 0.424. The molecule has 0 radical (unpaired) electrons. The number of amides is 2. The van der Waals surface area contributed by atoms with Gasteiger partial charge < -0.3 is 10.2 Å². The normalized spacial score (nSPS) is 15.8. The van der Waals surface area contributed by atoms with E-state index in [4.69, 9.17) is 5.26 Å². The molecule has 0 aliphatic carbocycles. The second-order valence-electron chi connectivity index (χ2n) is 6.41. The van der Waals surface area contributed by atoms with E-state index in [0.717, 1.165) is 11.1 Å². The monoisotopic (exact) mass is 404 g/mol. The highest BCUT2D eigenvalue weighted by Crippen LogP contribution is 2.25. The van der Waals surface area contributed by atoms with E-state index < -0.39 is 6.04 Å². The standard InChI is InChI=1S/C20H16N6O2S/c21-6-15-10-29-12-26(15)19(27)9-25-20(28)16-3-4-24-18-2-1-13(5-17(16)18)14-7-22-11-23-8-14/h1-5,7-8,11,15H,9-10,12H2,(H,25,28). The maximum Gasteiger partial charge on any atom is 0.252 e. The minimum Gasteiger partial charge on any atom is -0.343 e. The van der Waals surface area contributed by atoms with Crippen LogP contribution in [0.2, 0.25) is 0 Å². The van der Waals surface area contributed by atoms with Gasteiger partial charge in [0.25, 0.3) is 5.91 Å². The van der Waals surface area contributed by atoms with Gasteiger partial charge >= 0.3 is 0 Å². The van der Waals surface area contributed by atoms with Gasteiger partial charge in [0.2, 0.25) is 5.91 Å². The maximum atomic E-state index is 12.8. The van der Waals surface area contributed by atoms with Crippen molar-refractivity contribution in [3.05, 3.63) is 54.7 Å². The van der Waals surface area contributed by atoms with Crippen molar-refractivity contribution in [2.24, 2.45) is 0 Å². The van der Waals surface area contributed by atoms with E-state index in [2.05, 4.69) is 26.3 Å². The zero-order chi connectivity index (χ0) is 20.2. The summed E-state index contributed by atoms with van der Waals surface area (Å²) < 4.78 is 0. The summed E-state index contributed by atoms with van der Waals surface area (Å²) in [6.07, 6.45) is 6.41. The zero-order valence-corrected chi connectivity index (χ0v) is 16.1. The molecule has 144 valence electrons. The van der Waals surface area contributed by atoms with Crippen LogP contribution in [0, 0.1) is 11.3 Å². The lowest BCUT2D eigenvalue weighted by Crippen LogP contribution is -2.42. The van der Waals surface area contributed by atoms with E-state index in [0.29, 0.717) is 28.1 Å². The molecule has 1 aliphatic heterocycles. The Kier molecular flexibility index (Phi) is 5.35. The van der Waals surface area contributed by atoms with E-state index in [1.54, 1.807) is 24.7 Å². The second-order valence-corrected chi connectivity index (χ2v) is 7.41. The fourth-order valence-electron chi connectivity index (χ4n) is 3.12. The molecule has 8 nitrogen and oxygen atoms in total. The summed E-state index contributed by atoms with van der Waals surface area (Å²) >= 11 is 1.53. The number of aromatic nitrogens is 3. The molecular formula is C20H16N6O2S. The summed E-state index contributed by atoms with van der Waals surface area (Å²) in [5.41, 5.74) is 2.79. The fourth-order valence-corrected chi connectivity index (χ4v) is 4.22. The number of nitrogens with one attached hydrogen (secondary N) is 1. The second kappa shape index (κ2) is 8.24. The van der Waals surface area contributed by atoms with Gasteiger partial charge in [-0.05, 0) is 23.8 Å². The van der Waals surface area contributed by atoms with Gasteiger partial charge in [-0.15, -0.1) is 11.8 Å². The molecule has 1 N–H and O–H groups in total. The Morgan fingerprint density at radius 2 is 2.07 bits per heavy atom. The third kappa shape index (κ3) is 3.88. The first-order valence-corrected chi connectivity index (χ1v) is 10.0. The number of nitriles is 1. The van der Waals surface area contributed by atoms with Crippen LogP contribution in [0.5, 0.6) is 0 Å². The average Bonchev–Trinajstić information content (AvgIpc) is 3.26. The highest BCUT2D eigenvalue weighted by atomic mass is 32.2. The highest BCUT2D eigenvalue weighted by Gasteiger charge is 2.29. The Morgan fingerprint density at radius 3 is 2.86 bits per heavy atom. The number of hydrogen-bond acceptors (Lipinski definition) is 7. The third-order valence-electron chi connectivity index (χ3n) is 4.63. The lowest BCUT2D eigenvalue weighted by Gasteiger charge is -2.18. The topological polar surface area (TPSA) is 112 Å². The largest absolute Gasteiger partial charge is 0.343 e. The van der Waals surface area contributed by atoms with Crippen molar-refractivity contribution in [2.45, 2.75) is 6.04 Å². The van der Waals surface area contributed by atoms with Gasteiger partial charge in [-0.25, -0.2) is 9.97 Å². The molecule has 2 amide bonds. The van der Waals surface area contributed by atoms with Gasteiger partial charge in [-0.1, -0.05) is 6.07 Å². The molecule has 3 aromatic rings. The van der Waals surface area contributed by atoms with Crippen molar-refractivity contribution in [3.8, 4) is 17.2 Å². The molecule has 1 aliphatic rings. The highest BCUT2D eigenvalue weighted by molar-refractivity contribution is 7.99. The minimum atomic E-state index is -0.443. The van der Waals surface area contributed by atoms with Gasteiger partial charge in [-0.2, -0.15) is 5.26 Å². The van der Waals surface area contributed by atoms with Gasteiger partial charge in [0, 0.05) is 35.3 Å². The van der Waals surface area contributed by atoms with Crippen LogP contribution in [0.15, 0.2) is 49.2 Å². The van der Waals surface area contributed by atoms with Crippen LogP contribution in [-0.2, 0) is 4.79 Å². The molecule has 2 aromatic heterocycles. The van der Waals surface area contributed by atoms with Crippen molar-refractivity contribution >= 4 is 34.5 Å². The lowest BCUT2D eigenvalue weighted by atomic mass is 10.0. The first-order chi connectivity index (χ1) is 14.2. The molecule has 0 spiro atoms. The number of hydrogen-bond donors (Lipinski definition) is 1. The summed E-state index contributed by atoms with van der Waals surface area (Å²) in [5, 5.41) is 12.5.